The van der Waals surface area contributed by atoms with Gasteiger partial charge in [0.2, 0.25) is 10.0 Å². The minimum atomic E-state index is -3.83. The van der Waals surface area contributed by atoms with Crippen LogP contribution in [0.1, 0.15) is 13.8 Å². The Kier molecular flexibility index (Phi) is 8.72. The molecule has 0 fully saturated rings. The van der Waals surface area contributed by atoms with Gasteiger partial charge in [0.25, 0.3) is 0 Å². The highest BCUT2D eigenvalue weighted by molar-refractivity contribution is 9.10. The third kappa shape index (κ3) is 5.71. The molecule has 0 saturated carbocycles. The van der Waals surface area contributed by atoms with Gasteiger partial charge >= 0.3 is 0 Å². The van der Waals surface area contributed by atoms with E-state index in [1.165, 1.54) is 13.2 Å². The van der Waals surface area contributed by atoms with Crippen LogP contribution in [0.2, 0.25) is 0 Å². The van der Waals surface area contributed by atoms with Crippen LogP contribution >= 0.6 is 28.3 Å². The quantitative estimate of drug-likeness (QED) is 0.730. The average Bonchev–Trinajstić information content (AvgIpc) is 2.39. The number of hydrogen-bond donors (Lipinski definition) is 2. The van der Waals surface area contributed by atoms with Gasteiger partial charge in [-0.3, -0.25) is 0 Å². The minimum Gasteiger partial charge on any atom is -0.495 e. The average molecular weight is 406 g/mol. The van der Waals surface area contributed by atoms with Crippen LogP contribution in [0.5, 0.6) is 5.75 Å². The number of rotatable bonds is 7. The van der Waals surface area contributed by atoms with Gasteiger partial charge in [0, 0.05) is 12.6 Å². The molecule has 9 heteroatoms. The Balaban J connectivity index is 0.00000400. The Hall–Kier alpha value is -0.410. The predicted molar refractivity (Wildman–Crippen MR) is 86.2 cm³/mol. The number of sulfonamides is 1. The van der Waals surface area contributed by atoms with E-state index in [0.29, 0.717) is 0 Å². The van der Waals surface area contributed by atoms with E-state index in [-0.39, 0.29) is 40.1 Å². The summed E-state index contributed by atoms with van der Waals surface area (Å²) in [5, 5.41) is 3.08. The maximum Gasteiger partial charge on any atom is 0.244 e. The summed E-state index contributed by atoms with van der Waals surface area (Å²) in [6.45, 7) is 4.72. The van der Waals surface area contributed by atoms with Gasteiger partial charge in [-0.25, -0.2) is 17.5 Å². The highest BCUT2D eigenvalue weighted by atomic mass is 79.9. The second-order valence-electron chi connectivity index (χ2n) is 4.23. The van der Waals surface area contributed by atoms with Crippen LogP contribution in [0.4, 0.5) is 4.39 Å². The number of methoxy groups -OCH3 is 1. The summed E-state index contributed by atoms with van der Waals surface area (Å²) in [7, 11) is -2.50. The summed E-state index contributed by atoms with van der Waals surface area (Å²) < 4.78 is 45.5. The molecule has 0 unspecified atom stereocenters. The minimum absolute atomic E-state index is 0. The Morgan fingerprint density at radius 1 is 1.43 bits per heavy atom. The maximum absolute atomic E-state index is 13.5. The van der Waals surface area contributed by atoms with E-state index in [4.69, 9.17) is 4.74 Å². The number of halogens is 3. The van der Waals surface area contributed by atoms with Crippen LogP contribution < -0.4 is 14.8 Å². The zero-order valence-electron chi connectivity index (χ0n) is 11.9. The zero-order chi connectivity index (χ0) is 15.3. The van der Waals surface area contributed by atoms with Crippen molar-refractivity contribution in [3.8, 4) is 5.75 Å². The molecule has 0 saturated heterocycles. The number of nitrogens with one attached hydrogen (secondary N) is 2. The smallest absolute Gasteiger partial charge is 0.244 e. The molecule has 1 rings (SSSR count). The van der Waals surface area contributed by atoms with Gasteiger partial charge in [-0.2, -0.15) is 0 Å². The molecule has 2 N–H and O–H groups in total. The van der Waals surface area contributed by atoms with Crippen LogP contribution in [0.25, 0.3) is 0 Å². The standard InChI is InChI=1S/C12H18BrFN2O3S.ClH/c1-4-15-8(2)7-16-20(17,18)12-6-10(14)9(13)5-11(12)19-3;/h5-6,8,15-16H,4,7H2,1-3H3;1H/t8-;/m1./s1. The molecule has 0 bridgehead atoms. The monoisotopic (exact) mass is 404 g/mol. The molecule has 0 aromatic heterocycles. The van der Waals surface area contributed by atoms with Crippen molar-refractivity contribution in [2.24, 2.45) is 0 Å². The largest absolute Gasteiger partial charge is 0.495 e. The van der Waals surface area contributed by atoms with Crippen molar-refractivity contribution < 1.29 is 17.5 Å². The van der Waals surface area contributed by atoms with Crippen molar-refractivity contribution in [2.75, 3.05) is 20.2 Å². The first-order valence-electron chi connectivity index (χ1n) is 6.08. The van der Waals surface area contributed by atoms with Gasteiger partial charge < -0.3 is 10.1 Å². The van der Waals surface area contributed by atoms with Gasteiger partial charge in [-0.05, 0) is 41.5 Å². The van der Waals surface area contributed by atoms with E-state index in [0.717, 1.165) is 12.6 Å². The van der Waals surface area contributed by atoms with Crippen LogP contribution in [-0.4, -0.2) is 34.7 Å². The van der Waals surface area contributed by atoms with E-state index in [2.05, 4.69) is 26.0 Å². The Morgan fingerprint density at radius 2 is 2.05 bits per heavy atom. The normalized spacial score (nSPS) is 12.6. The van der Waals surface area contributed by atoms with Gasteiger partial charge in [-0.1, -0.05) is 6.92 Å². The molecule has 0 aliphatic carbocycles. The SMILES string of the molecule is CCN[C@H](C)CNS(=O)(=O)c1cc(F)c(Br)cc1OC.Cl. The Labute approximate surface area is 139 Å². The number of likely N-dealkylation sites (N-methyl/N-ethyl adjacent to an activating group) is 1. The number of hydrogen-bond acceptors (Lipinski definition) is 4. The fourth-order valence-electron chi connectivity index (χ4n) is 1.61. The highest BCUT2D eigenvalue weighted by Gasteiger charge is 2.22. The summed E-state index contributed by atoms with van der Waals surface area (Å²) in [5.74, 6) is -0.576. The lowest BCUT2D eigenvalue weighted by Crippen LogP contribution is -2.38. The fourth-order valence-corrected chi connectivity index (χ4v) is 3.23. The van der Waals surface area contributed by atoms with E-state index in [1.54, 1.807) is 0 Å². The first-order valence-corrected chi connectivity index (χ1v) is 8.35. The Morgan fingerprint density at radius 3 is 2.57 bits per heavy atom. The first-order chi connectivity index (χ1) is 9.31. The number of ether oxygens (including phenoxy) is 1. The molecule has 1 atom stereocenters. The van der Waals surface area contributed by atoms with Crippen LogP contribution in [0, 0.1) is 5.82 Å². The van der Waals surface area contributed by atoms with Gasteiger partial charge in [-0.15, -0.1) is 12.4 Å². The molecule has 21 heavy (non-hydrogen) atoms. The molecule has 0 spiro atoms. The molecule has 122 valence electrons. The third-order valence-electron chi connectivity index (χ3n) is 2.63. The van der Waals surface area contributed by atoms with Gasteiger partial charge in [0.15, 0.2) is 0 Å². The fraction of sp³-hybridized carbons (Fsp3) is 0.500. The molecule has 0 radical (unpaired) electrons. The summed E-state index contributed by atoms with van der Waals surface area (Å²) in [5.41, 5.74) is 0. The van der Waals surface area contributed by atoms with Crippen LogP contribution in [0.15, 0.2) is 21.5 Å². The summed E-state index contributed by atoms with van der Waals surface area (Å²) in [4.78, 5) is -0.218. The molecular weight excluding hydrogens is 387 g/mol. The lowest BCUT2D eigenvalue weighted by molar-refractivity contribution is 0.399. The van der Waals surface area contributed by atoms with Crippen molar-refractivity contribution in [3.05, 3.63) is 22.4 Å². The van der Waals surface area contributed by atoms with Gasteiger partial charge in [0.05, 0.1) is 11.6 Å². The van der Waals surface area contributed by atoms with E-state index < -0.39 is 15.8 Å². The van der Waals surface area contributed by atoms with Crippen LogP contribution in [-0.2, 0) is 10.0 Å². The molecule has 0 amide bonds. The van der Waals surface area contributed by atoms with Crippen LogP contribution in [0.3, 0.4) is 0 Å². The summed E-state index contributed by atoms with van der Waals surface area (Å²) >= 11 is 2.99. The first kappa shape index (κ1) is 20.6. The molecule has 1 aromatic carbocycles. The maximum atomic E-state index is 13.5. The van der Waals surface area contributed by atoms with Crippen molar-refractivity contribution in [3.63, 3.8) is 0 Å². The third-order valence-corrected chi connectivity index (χ3v) is 4.68. The number of benzene rings is 1. The van der Waals surface area contributed by atoms with Crippen molar-refractivity contribution in [1.82, 2.24) is 10.0 Å². The molecule has 0 aliphatic rings. The van der Waals surface area contributed by atoms with Gasteiger partial charge in [0.1, 0.15) is 16.5 Å². The molecule has 1 aromatic rings. The molecule has 0 heterocycles. The Bertz CT molecular complexity index is 572. The lowest BCUT2D eigenvalue weighted by atomic mass is 10.3. The lowest BCUT2D eigenvalue weighted by Gasteiger charge is -2.15. The topological polar surface area (TPSA) is 67.4 Å². The van der Waals surface area contributed by atoms with Crippen molar-refractivity contribution in [2.45, 2.75) is 24.8 Å². The summed E-state index contributed by atoms with van der Waals surface area (Å²) in [6.07, 6.45) is 0. The second kappa shape index (κ2) is 8.89. The molecule has 5 nitrogen and oxygen atoms in total. The predicted octanol–water partition coefficient (Wildman–Crippen LogP) is 2.29. The summed E-state index contributed by atoms with van der Waals surface area (Å²) in [6, 6.07) is 2.20. The zero-order valence-corrected chi connectivity index (χ0v) is 15.2. The molecule has 0 aliphatic heterocycles. The van der Waals surface area contributed by atoms with E-state index in [1.807, 2.05) is 13.8 Å². The van der Waals surface area contributed by atoms with Crippen molar-refractivity contribution >= 4 is 38.4 Å². The second-order valence-corrected chi connectivity index (χ2v) is 6.82. The van der Waals surface area contributed by atoms with Crippen molar-refractivity contribution in [1.29, 1.82) is 0 Å². The highest BCUT2D eigenvalue weighted by Crippen LogP contribution is 2.29. The molecular formula is C12H19BrClFN2O3S. The van der Waals surface area contributed by atoms with E-state index in [9.17, 15) is 12.8 Å². The van der Waals surface area contributed by atoms with E-state index >= 15 is 0 Å².